The SMILES string of the molecule is CC1C=C(c2ccc(-c3ccccc3)c(N(c3ccc(-c4ccc5oc6ccccc6c5c4)cc3)c3ccc(-c4ccccc4-n4c5ccccc5c5ccccc54)cc3)c2)c2ccc3ccccc3c2C1. The van der Waals surface area contributed by atoms with E-state index in [9.17, 15) is 0 Å². The summed E-state index contributed by atoms with van der Waals surface area (Å²) >= 11 is 0. The Morgan fingerprint density at radius 3 is 1.74 bits per heavy atom. The third-order valence-electron chi connectivity index (χ3n) is 14.9. The number of allylic oxidation sites excluding steroid dienone is 1. The Kier molecular flexibility index (Phi) is 9.89. The van der Waals surface area contributed by atoms with Gasteiger partial charge in [-0.15, -0.1) is 0 Å². The summed E-state index contributed by atoms with van der Waals surface area (Å²) in [6.07, 6.45) is 3.50. The number of para-hydroxylation sites is 4. The third kappa shape index (κ3) is 6.96. The minimum atomic E-state index is 0.386. The first-order chi connectivity index (χ1) is 35.6. The molecule has 1 atom stereocenters. The molecule has 1 unspecified atom stereocenters. The van der Waals surface area contributed by atoms with Gasteiger partial charge in [-0.3, -0.25) is 0 Å². The number of nitrogens with zero attached hydrogens (tertiary/aromatic N) is 2. The number of furan rings is 1. The van der Waals surface area contributed by atoms with Crippen molar-refractivity contribution in [2.45, 2.75) is 13.3 Å². The van der Waals surface area contributed by atoms with Crippen molar-refractivity contribution in [1.29, 1.82) is 0 Å². The second kappa shape index (κ2) is 17.0. The smallest absolute Gasteiger partial charge is 0.135 e. The van der Waals surface area contributed by atoms with Gasteiger partial charge in [0.05, 0.1) is 22.4 Å². The van der Waals surface area contributed by atoms with Crippen LogP contribution in [0.3, 0.4) is 0 Å². The zero-order valence-electron chi connectivity index (χ0n) is 39.8. The number of fused-ring (bicyclic) bond motifs is 9. The van der Waals surface area contributed by atoms with E-state index >= 15 is 0 Å². The molecular formula is C69H48N2O. The Morgan fingerprint density at radius 1 is 0.403 bits per heavy atom. The average molecular weight is 921 g/mol. The summed E-state index contributed by atoms with van der Waals surface area (Å²) in [4.78, 5) is 2.46. The summed E-state index contributed by atoms with van der Waals surface area (Å²) in [5, 5.41) is 7.39. The van der Waals surface area contributed by atoms with Crippen molar-refractivity contribution >= 4 is 77.2 Å². The molecule has 0 spiro atoms. The second-order valence-electron chi connectivity index (χ2n) is 19.3. The van der Waals surface area contributed by atoms with Gasteiger partial charge in [-0.1, -0.05) is 195 Å². The quantitative estimate of drug-likeness (QED) is 0.151. The van der Waals surface area contributed by atoms with Gasteiger partial charge in [-0.2, -0.15) is 0 Å². The van der Waals surface area contributed by atoms with Crippen LogP contribution >= 0.6 is 0 Å². The lowest BCUT2D eigenvalue weighted by Crippen LogP contribution is -2.13. The highest BCUT2D eigenvalue weighted by Crippen LogP contribution is 2.46. The number of benzene rings is 11. The highest BCUT2D eigenvalue weighted by molar-refractivity contribution is 6.10. The molecule has 0 fully saturated rings. The number of aromatic nitrogens is 1. The maximum Gasteiger partial charge on any atom is 0.135 e. The molecule has 1 aliphatic rings. The fraction of sp³-hybridized carbons (Fsp3) is 0.0435. The molecule has 0 N–H and O–H groups in total. The lowest BCUT2D eigenvalue weighted by Gasteiger charge is -2.30. The van der Waals surface area contributed by atoms with Crippen molar-refractivity contribution in [3.8, 4) is 39.1 Å². The van der Waals surface area contributed by atoms with E-state index in [0.717, 1.165) is 78.9 Å². The van der Waals surface area contributed by atoms with Crippen LogP contribution in [-0.4, -0.2) is 4.57 Å². The summed E-state index contributed by atoms with van der Waals surface area (Å²) < 4.78 is 8.65. The summed E-state index contributed by atoms with van der Waals surface area (Å²) in [5.41, 5.74) is 20.8. The van der Waals surface area contributed by atoms with Crippen LogP contribution in [0.2, 0.25) is 0 Å². The summed E-state index contributed by atoms with van der Waals surface area (Å²) in [7, 11) is 0. The Balaban J connectivity index is 0.941. The molecule has 14 rings (SSSR count). The fourth-order valence-corrected chi connectivity index (χ4v) is 11.6. The molecule has 0 saturated heterocycles. The highest BCUT2D eigenvalue weighted by atomic mass is 16.3. The summed E-state index contributed by atoms with van der Waals surface area (Å²) in [6.45, 7) is 2.35. The van der Waals surface area contributed by atoms with E-state index in [-0.39, 0.29) is 0 Å². The van der Waals surface area contributed by atoms with E-state index in [0.29, 0.717) is 5.92 Å². The van der Waals surface area contributed by atoms with Gasteiger partial charge in [0.1, 0.15) is 11.2 Å². The first-order valence-corrected chi connectivity index (χ1v) is 25.0. The molecule has 0 bridgehead atoms. The van der Waals surface area contributed by atoms with Gasteiger partial charge in [-0.25, -0.2) is 0 Å². The zero-order valence-corrected chi connectivity index (χ0v) is 39.8. The van der Waals surface area contributed by atoms with Crippen LogP contribution in [0, 0.1) is 5.92 Å². The van der Waals surface area contributed by atoms with Gasteiger partial charge in [0.25, 0.3) is 0 Å². The number of rotatable bonds is 8. The molecule has 0 saturated carbocycles. The monoisotopic (exact) mass is 920 g/mol. The fourth-order valence-electron chi connectivity index (χ4n) is 11.6. The molecule has 13 aromatic rings. The molecule has 2 aromatic heterocycles. The molecular weight excluding hydrogens is 873 g/mol. The molecule has 0 aliphatic heterocycles. The number of anilines is 3. The summed E-state index contributed by atoms with van der Waals surface area (Å²) in [5.74, 6) is 0.386. The minimum Gasteiger partial charge on any atom is -0.456 e. The van der Waals surface area contributed by atoms with Crippen LogP contribution in [0.25, 0.3) is 99.2 Å². The van der Waals surface area contributed by atoms with Crippen molar-refractivity contribution < 1.29 is 4.42 Å². The maximum absolute atomic E-state index is 6.22. The van der Waals surface area contributed by atoms with E-state index < -0.39 is 0 Å². The molecule has 3 heteroatoms. The van der Waals surface area contributed by atoms with Crippen LogP contribution in [0.4, 0.5) is 17.1 Å². The van der Waals surface area contributed by atoms with Crippen molar-refractivity contribution in [2.24, 2.45) is 5.92 Å². The Labute approximate surface area is 418 Å². The molecule has 1 aliphatic carbocycles. The molecule has 11 aromatic carbocycles. The van der Waals surface area contributed by atoms with Crippen LogP contribution in [0.1, 0.15) is 23.6 Å². The van der Waals surface area contributed by atoms with Gasteiger partial charge in [-0.05, 0) is 134 Å². The van der Waals surface area contributed by atoms with Gasteiger partial charge in [0.2, 0.25) is 0 Å². The maximum atomic E-state index is 6.22. The second-order valence-corrected chi connectivity index (χ2v) is 19.3. The molecule has 340 valence electrons. The third-order valence-corrected chi connectivity index (χ3v) is 14.9. The van der Waals surface area contributed by atoms with Crippen molar-refractivity contribution in [3.05, 3.63) is 271 Å². The van der Waals surface area contributed by atoms with Crippen molar-refractivity contribution in [3.63, 3.8) is 0 Å². The van der Waals surface area contributed by atoms with Crippen LogP contribution in [-0.2, 0) is 6.42 Å². The highest BCUT2D eigenvalue weighted by Gasteiger charge is 2.25. The Morgan fingerprint density at radius 2 is 0.972 bits per heavy atom. The predicted molar refractivity (Wildman–Crippen MR) is 303 cm³/mol. The van der Waals surface area contributed by atoms with E-state index in [4.69, 9.17) is 4.42 Å². The standard InChI is InChI=1S/C69H48N2O/c1-45-41-61(57-39-31-48-17-5-6-18-54(48)62(57)42-45)51-32-38-56(47-15-3-2-4-16-47)67(44-51)70(52-34-27-46(28-35-52)50-33-40-69-63(43-50)60-22-10-14-26-68(60)72-69)53-36-29-49(30-37-53)55-19-7-11-23-64(55)71-65-24-12-8-20-58(65)59-21-9-13-25-66(59)71/h2-41,43-45H,42H2,1H3. The van der Waals surface area contributed by atoms with E-state index in [1.165, 1.54) is 60.4 Å². The number of hydrogen-bond acceptors (Lipinski definition) is 2. The van der Waals surface area contributed by atoms with Crippen LogP contribution in [0.5, 0.6) is 0 Å². The Bertz CT molecular complexity index is 4200. The van der Waals surface area contributed by atoms with E-state index in [1.54, 1.807) is 0 Å². The van der Waals surface area contributed by atoms with Crippen molar-refractivity contribution in [2.75, 3.05) is 4.90 Å². The predicted octanol–water partition coefficient (Wildman–Crippen LogP) is 18.9. The van der Waals surface area contributed by atoms with Gasteiger partial charge < -0.3 is 13.9 Å². The zero-order chi connectivity index (χ0) is 47.7. The summed E-state index contributed by atoms with van der Waals surface area (Å²) in [6, 6.07) is 90.8. The molecule has 0 radical (unpaired) electrons. The first kappa shape index (κ1) is 41.8. The number of hydrogen-bond donors (Lipinski definition) is 0. The largest absolute Gasteiger partial charge is 0.456 e. The molecule has 2 heterocycles. The van der Waals surface area contributed by atoms with Gasteiger partial charge >= 0.3 is 0 Å². The van der Waals surface area contributed by atoms with Crippen LogP contribution in [0.15, 0.2) is 259 Å². The van der Waals surface area contributed by atoms with Crippen LogP contribution < -0.4 is 4.90 Å². The average Bonchev–Trinajstić information content (AvgIpc) is 3.99. The minimum absolute atomic E-state index is 0.386. The van der Waals surface area contributed by atoms with E-state index in [1.807, 2.05) is 12.1 Å². The lowest BCUT2D eigenvalue weighted by molar-refractivity contribution is 0.669. The van der Waals surface area contributed by atoms with Gasteiger partial charge in [0.15, 0.2) is 0 Å². The van der Waals surface area contributed by atoms with Gasteiger partial charge in [0, 0.05) is 44.0 Å². The molecule has 3 nitrogen and oxygen atoms in total. The van der Waals surface area contributed by atoms with E-state index in [2.05, 4.69) is 259 Å². The normalized spacial score (nSPS) is 13.5. The Hall–Kier alpha value is -9.18. The molecule has 0 amide bonds. The lowest BCUT2D eigenvalue weighted by atomic mass is 9.80. The van der Waals surface area contributed by atoms with Crippen molar-refractivity contribution in [1.82, 2.24) is 4.57 Å². The molecule has 72 heavy (non-hydrogen) atoms. The topological polar surface area (TPSA) is 21.3 Å². The first-order valence-electron chi connectivity index (χ1n) is 25.0.